The second-order valence-corrected chi connectivity index (χ2v) is 6.24. The summed E-state index contributed by atoms with van der Waals surface area (Å²) in [6.07, 6.45) is 0. The maximum atomic E-state index is 12.4. The van der Waals surface area contributed by atoms with Crippen molar-refractivity contribution in [3.8, 4) is 0 Å². The van der Waals surface area contributed by atoms with Crippen LogP contribution in [-0.4, -0.2) is 12.9 Å². The van der Waals surface area contributed by atoms with Crippen LogP contribution in [0.1, 0.15) is 12.5 Å². The van der Waals surface area contributed by atoms with Crippen molar-refractivity contribution in [3.05, 3.63) is 66.2 Å². The summed E-state index contributed by atoms with van der Waals surface area (Å²) in [5.41, 5.74) is -0.0925. The van der Waals surface area contributed by atoms with E-state index in [-0.39, 0.29) is 4.90 Å². The summed E-state index contributed by atoms with van der Waals surface area (Å²) in [5, 5.41) is 0. The number of hydrogen-bond acceptors (Lipinski definition) is 3. The summed E-state index contributed by atoms with van der Waals surface area (Å²) < 4.78 is 25.8. The number of benzene rings is 2. The van der Waals surface area contributed by atoms with E-state index in [1.807, 2.05) is 30.3 Å². The van der Waals surface area contributed by atoms with E-state index in [9.17, 15) is 8.42 Å². The lowest BCUT2D eigenvalue weighted by Crippen LogP contribution is -2.19. The zero-order valence-corrected chi connectivity index (χ0v) is 11.2. The van der Waals surface area contributed by atoms with Gasteiger partial charge in [-0.3, -0.25) is 4.84 Å². The van der Waals surface area contributed by atoms with Crippen molar-refractivity contribution in [3.63, 3.8) is 0 Å². The van der Waals surface area contributed by atoms with E-state index in [4.69, 9.17) is 4.84 Å². The fourth-order valence-corrected chi connectivity index (χ4v) is 3.51. The van der Waals surface area contributed by atoms with Crippen LogP contribution in [-0.2, 0) is 20.6 Å². The largest absolute Gasteiger partial charge is 0.268 e. The lowest BCUT2D eigenvalue weighted by Gasteiger charge is -2.07. The fourth-order valence-electron chi connectivity index (χ4n) is 2.01. The SMILES string of the molecule is CC1(c2ccccc2)ON1S(=O)(=O)c1ccccc1. The maximum Gasteiger partial charge on any atom is 0.268 e. The zero-order valence-electron chi connectivity index (χ0n) is 10.4. The van der Waals surface area contributed by atoms with E-state index in [0.29, 0.717) is 0 Å². The van der Waals surface area contributed by atoms with Gasteiger partial charge in [-0.1, -0.05) is 48.5 Å². The Morgan fingerprint density at radius 1 is 0.947 bits per heavy atom. The number of sulfonamides is 1. The standard InChI is InChI=1S/C14H13NO3S/c1-14(12-8-4-2-5-9-12)15(18-14)19(16,17)13-10-6-3-7-11-13/h2-11H,1H3. The lowest BCUT2D eigenvalue weighted by atomic mass is 10.1. The van der Waals surface area contributed by atoms with Crippen molar-refractivity contribution in [1.82, 2.24) is 4.47 Å². The molecule has 1 saturated heterocycles. The van der Waals surface area contributed by atoms with Crippen LogP contribution in [0, 0.1) is 0 Å². The molecule has 5 heteroatoms. The minimum absolute atomic E-state index is 0.231. The highest BCUT2D eigenvalue weighted by molar-refractivity contribution is 7.89. The molecule has 19 heavy (non-hydrogen) atoms. The summed E-state index contributed by atoms with van der Waals surface area (Å²) in [6.45, 7) is 1.74. The molecule has 98 valence electrons. The molecule has 2 aromatic carbocycles. The van der Waals surface area contributed by atoms with Crippen LogP contribution in [0.5, 0.6) is 0 Å². The first kappa shape index (κ1) is 12.3. The minimum atomic E-state index is -3.61. The van der Waals surface area contributed by atoms with E-state index in [1.54, 1.807) is 37.3 Å². The fraction of sp³-hybridized carbons (Fsp3) is 0.143. The molecule has 2 atom stereocenters. The van der Waals surface area contributed by atoms with Crippen LogP contribution in [0.15, 0.2) is 65.6 Å². The smallest absolute Gasteiger partial charge is 0.250 e. The van der Waals surface area contributed by atoms with Gasteiger partial charge in [0.25, 0.3) is 10.0 Å². The average Bonchev–Trinajstić information content (AvgIpc) is 3.16. The van der Waals surface area contributed by atoms with Crippen molar-refractivity contribution in [2.75, 3.05) is 0 Å². The van der Waals surface area contributed by atoms with Gasteiger partial charge in [0.15, 0.2) is 0 Å². The Kier molecular flexibility index (Phi) is 2.70. The van der Waals surface area contributed by atoms with E-state index >= 15 is 0 Å². The quantitative estimate of drug-likeness (QED) is 0.809. The van der Waals surface area contributed by atoms with E-state index < -0.39 is 15.7 Å². The van der Waals surface area contributed by atoms with Gasteiger partial charge in [0.1, 0.15) is 0 Å². The molecule has 4 nitrogen and oxygen atoms in total. The van der Waals surface area contributed by atoms with Crippen molar-refractivity contribution in [2.24, 2.45) is 0 Å². The monoisotopic (exact) mass is 275 g/mol. The summed E-state index contributed by atoms with van der Waals surface area (Å²) in [5.74, 6) is 0. The van der Waals surface area contributed by atoms with Gasteiger partial charge >= 0.3 is 0 Å². The predicted molar refractivity (Wildman–Crippen MR) is 70.3 cm³/mol. The molecule has 0 aliphatic carbocycles. The number of hydroxylamine groups is 1. The Morgan fingerprint density at radius 2 is 1.47 bits per heavy atom. The first-order chi connectivity index (χ1) is 9.05. The third-order valence-electron chi connectivity index (χ3n) is 3.15. The Hall–Kier alpha value is -1.69. The molecule has 0 N–H and O–H groups in total. The minimum Gasteiger partial charge on any atom is -0.250 e. The van der Waals surface area contributed by atoms with Crippen LogP contribution in [0.25, 0.3) is 0 Å². The Labute approximate surface area is 112 Å². The van der Waals surface area contributed by atoms with E-state index in [0.717, 1.165) is 10.0 Å². The maximum absolute atomic E-state index is 12.4. The third-order valence-corrected chi connectivity index (χ3v) is 4.87. The van der Waals surface area contributed by atoms with Crippen molar-refractivity contribution >= 4 is 10.0 Å². The molecule has 1 aliphatic rings. The lowest BCUT2D eigenvalue weighted by molar-refractivity contribution is 0.260. The van der Waals surface area contributed by atoms with Gasteiger partial charge in [0.05, 0.1) is 4.90 Å². The molecule has 1 fully saturated rings. The second kappa shape index (κ2) is 4.16. The summed E-state index contributed by atoms with van der Waals surface area (Å²) in [6, 6.07) is 17.6. The van der Waals surface area contributed by atoms with Crippen LogP contribution < -0.4 is 0 Å². The van der Waals surface area contributed by atoms with E-state index in [1.165, 1.54) is 0 Å². The summed E-state index contributed by atoms with van der Waals surface area (Å²) >= 11 is 0. The number of nitrogens with zero attached hydrogens (tertiary/aromatic N) is 1. The molecule has 0 radical (unpaired) electrons. The van der Waals surface area contributed by atoms with E-state index in [2.05, 4.69) is 0 Å². The normalized spacial score (nSPS) is 26.1. The molecular weight excluding hydrogens is 262 g/mol. The first-order valence-electron chi connectivity index (χ1n) is 5.90. The number of hydrogen-bond donors (Lipinski definition) is 0. The third kappa shape index (κ3) is 1.96. The topological polar surface area (TPSA) is 49.7 Å². The van der Waals surface area contributed by atoms with Gasteiger partial charge < -0.3 is 0 Å². The molecular formula is C14H13NO3S. The van der Waals surface area contributed by atoms with Crippen LogP contribution in [0.3, 0.4) is 0 Å². The Balaban J connectivity index is 1.95. The van der Waals surface area contributed by atoms with Crippen LogP contribution in [0.2, 0.25) is 0 Å². The Morgan fingerprint density at radius 3 is 2.05 bits per heavy atom. The molecule has 2 unspecified atom stereocenters. The second-order valence-electron chi connectivity index (χ2n) is 4.49. The molecule has 2 aromatic rings. The zero-order chi connectivity index (χ0) is 13.5. The molecule has 0 amide bonds. The van der Waals surface area contributed by atoms with Crippen molar-refractivity contribution in [2.45, 2.75) is 17.5 Å². The summed E-state index contributed by atoms with van der Waals surface area (Å²) in [7, 11) is -3.61. The van der Waals surface area contributed by atoms with Gasteiger partial charge in [0, 0.05) is 5.56 Å². The Bertz CT molecular complexity index is 685. The molecule has 0 saturated carbocycles. The van der Waals surface area contributed by atoms with Gasteiger partial charge in [-0.25, -0.2) is 8.42 Å². The first-order valence-corrected chi connectivity index (χ1v) is 7.34. The summed E-state index contributed by atoms with van der Waals surface area (Å²) in [4.78, 5) is 5.59. The van der Waals surface area contributed by atoms with Gasteiger partial charge in [0.2, 0.25) is 5.72 Å². The van der Waals surface area contributed by atoms with Crippen molar-refractivity contribution < 1.29 is 13.3 Å². The highest BCUT2D eigenvalue weighted by atomic mass is 32.2. The van der Waals surface area contributed by atoms with Crippen molar-refractivity contribution in [1.29, 1.82) is 0 Å². The van der Waals surface area contributed by atoms with Crippen LogP contribution >= 0.6 is 0 Å². The number of rotatable bonds is 3. The molecule has 0 bridgehead atoms. The highest BCUT2D eigenvalue weighted by Gasteiger charge is 2.60. The van der Waals surface area contributed by atoms with Gasteiger partial charge in [-0.05, 0) is 23.5 Å². The average molecular weight is 275 g/mol. The highest BCUT2D eigenvalue weighted by Crippen LogP contribution is 2.48. The molecule has 1 heterocycles. The van der Waals surface area contributed by atoms with Gasteiger partial charge in [-0.2, -0.15) is 0 Å². The predicted octanol–water partition coefficient (Wildman–Crippen LogP) is 2.50. The van der Waals surface area contributed by atoms with Gasteiger partial charge in [-0.15, -0.1) is 0 Å². The molecule has 3 rings (SSSR count). The van der Waals surface area contributed by atoms with Crippen LogP contribution in [0.4, 0.5) is 0 Å². The molecule has 0 spiro atoms. The molecule has 0 aromatic heterocycles. The molecule has 1 aliphatic heterocycles.